The first kappa shape index (κ1) is 29.1. The van der Waals surface area contributed by atoms with Crippen LogP contribution in [0.25, 0.3) is 10.9 Å². The summed E-state index contributed by atoms with van der Waals surface area (Å²) >= 11 is 0. The monoisotopic (exact) mass is 559 g/mol. The Hall–Kier alpha value is -3.36. The van der Waals surface area contributed by atoms with Crippen molar-refractivity contribution in [2.75, 3.05) is 26.7 Å². The molecule has 2 N–H and O–H groups in total. The van der Waals surface area contributed by atoms with E-state index in [1.807, 2.05) is 53.7 Å². The van der Waals surface area contributed by atoms with Gasteiger partial charge in [-0.3, -0.25) is 19.5 Å². The predicted octanol–water partition coefficient (Wildman–Crippen LogP) is 5.42. The average Bonchev–Trinajstić information content (AvgIpc) is 3.43. The predicted molar refractivity (Wildman–Crippen MR) is 162 cm³/mol. The van der Waals surface area contributed by atoms with Gasteiger partial charge in [0.05, 0.1) is 25.4 Å². The van der Waals surface area contributed by atoms with Gasteiger partial charge in [-0.05, 0) is 76.2 Å². The molecule has 3 heterocycles. The Bertz CT molecular complexity index is 1320. The molecule has 3 aromatic rings. The van der Waals surface area contributed by atoms with Gasteiger partial charge in [0.15, 0.2) is 0 Å². The van der Waals surface area contributed by atoms with Crippen LogP contribution in [-0.4, -0.2) is 70.7 Å². The van der Waals surface area contributed by atoms with E-state index in [4.69, 9.17) is 4.74 Å². The number of aryl methyl sites for hydroxylation is 1. The molecule has 3 unspecified atom stereocenters. The summed E-state index contributed by atoms with van der Waals surface area (Å²) in [6.45, 7) is 6.73. The number of rotatable bonds is 10. The zero-order valence-corrected chi connectivity index (χ0v) is 24.8. The molecule has 0 saturated carbocycles. The standard InChI is InChI=1S/C33H45N5O3/c1-24(38(25(2)39)37-22-12-9-17-32(37)36-20-10-4-11-21-36)33(28-23-34-29-15-7-6-14-27(28)29)35-31(40)19-18-26-13-5-8-16-30(26)41-3/h5-8,13-16,23-24,32-34H,4,9-12,17-22H2,1-3H3,(H,35,40). The van der Waals surface area contributed by atoms with Gasteiger partial charge in [-0.15, -0.1) is 0 Å². The fourth-order valence-electron chi connectivity index (χ4n) is 6.79. The number of amides is 2. The van der Waals surface area contributed by atoms with Crippen LogP contribution in [0.3, 0.4) is 0 Å². The number of nitrogens with zero attached hydrogens (tertiary/aromatic N) is 3. The number of hydrogen-bond acceptors (Lipinski definition) is 5. The first-order valence-corrected chi connectivity index (χ1v) is 15.3. The molecule has 0 radical (unpaired) electrons. The Labute approximate surface area is 244 Å². The van der Waals surface area contributed by atoms with E-state index in [9.17, 15) is 9.59 Å². The molecule has 0 aliphatic carbocycles. The summed E-state index contributed by atoms with van der Waals surface area (Å²) in [6.07, 6.45) is 10.1. The average molecular weight is 560 g/mol. The number of H-pyrrole nitrogens is 1. The number of fused-ring (bicyclic) bond motifs is 1. The van der Waals surface area contributed by atoms with E-state index < -0.39 is 0 Å². The Morgan fingerprint density at radius 1 is 1.02 bits per heavy atom. The van der Waals surface area contributed by atoms with E-state index in [0.717, 1.165) is 60.3 Å². The molecule has 0 bridgehead atoms. The highest BCUT2D eigenvalue weighted by Crippen LogP contribution is 2.33. The number of piperidine rings is 2. The normalized spacial score (nSPS) is 19.9. The first-order valence-electron chi connectivity index (χ1n) is 15.3. The smallest absolute Gasteiger partial charge is 0.234 e. The molecule has 0 spiro atoms. The second-order valence-electron chi connectivity index (χ2n) is 11.5. The quantitative estimate of drug-likeness (QED) is 0.347. The SMILES string of the molecule is COc1ccccc1CCC(=O)NC(c1c[nH]c2ccccc12)C(C)N(C(C)=O)N1CCCCC1N1CCCCC1. The maximum atomic E-state index is 13.6. The van der Waals surface area contributed by atoms with Crippen LogP contribution in [0.15, 0.2) is 54.7 Å². The van der Waals surface area contributed by atoms with Crippen molar-refractivity contribution in [2.24, 2.45) is 0 Å². The molecular weight excluding hydrogens is 514 g/mol. The molecule has 41 heavy (non-hydrogen) atoms. The minimum atomic E-state index is -0.385. The number of likely N-dealkylation sites (tertiary alicyclic amines) is 1. The number of aromatic amines is 1. The van der Waals surface area contributed by atoms with Gasteiger partial charge in [0.2, 0.25) is 11.8 Å². The van der Waals surface area contributed by atoms with Gasteiger partial charge in [-0.25, -0.2) is 5.01 Å². The van der Waals surface area contributed by atoms with Crippen molar-refractivity contribution in [3.63, 3.8) is 0 Å². The van der Waals surface area contributed by atoms with E-state index in [0.29, 0.717) is 12.8 Å². The molecule has 2 amide bonds. The Balaban J connectivity index is 1.43. The molecule has 2 saturated heterocycles. The van der Waals surface area contributed by atoms with E-state index in [2.05, 4.69) is 33.2 Å². The topological polar surface area (TPSA) is 80.9 Å². The molecule has 3 atom stereocenters. The van der Waals surface area contributed by atoms with Crippen LogP contribution in [0.1, 0.15) is 76.0 Å². The number of hydrogen-bond donors (Lipinski definition) is 2. The van der Waals surface area contributed by atoms with Crippen molar-refractivity contribution < 1.29 is 14.3 Å². The molecule has 1 aromatic heterocycles. The second-order valence-corrected chi connectivity index (χ2v) is 11.5. The molecule has 220 valence electrons. The van der Waals surface area contributed by atoms with Crippen molar-refractivity contribution in [3.05, 3.63) is 65.9 Å². The van der Waals surface area contributed by atoms with Gasteiger partial charge in [-0.1, -0.05) is 42.8 Å². The summed E-state index contributed by atoms with van der Waals surface area (Å²) in [7, 11) is 1.65. The van der Waals surface area contributed by atoms with Crippen LogP contribution in [0.5, 0.6) is 5.75 Å². The third kappa shape index (κ3) is 6.60. The zero-order chi connectivity index (χ0) is 28.8. The molecule has 8 heteroatoms. The summed E-state index contributed by atoms with van der Waals surface area (Å²) in [5.41, 5.74) is 3.02. The molecule has 2 aromatic carbocycles. The maximum Gasteiger partial charge on any atom is 0.234 e. The molecule has 5 rings (SSSR count). The lowest BCUT2D eigenvalue weighted by Gasteiger charge is -2.51. The van der Waals surface area contributed by atoms with E-state index in [-0.39, 0.29) is 30.1 Å². The number of benzene rings is 2. The molecule has 2 aliphatic rings. The van der Waals surface area contributed by atoms with Crippen LogP contribution in [0, 0.1) is 0 Å². The highest BCUT2D eigenvalue weighted by molar-refractivity contribution is 5.85. The lowest BCUT2D eigenvalue weighted by Crippen LogP contribution is -2.63. The third-order valence-electron chi connectivity index (χ3n) is 8.81. The number of methoxy groups -OCH3 is 1. The Morgan fingerprint density at radius 2 is 1.76 bits per heavy atom. The lowest BCUT2D eigenvalue weighted by molar-refractivity contribution is -0.180. The number of para-hydroxylation sites is 2. The van der Waals surface area contributed by atoms with Crippen LogP contribution in [0.2, 0.25) is 0 Å². The molecule has 2 aliphatic heterocycles. The van der Waals surface area contributed by atoms with Crippen molar-refractivity contribution in [1.82, 2.24) is 25.2 Å². The molecule has 8 nitrogen and oxygen atoms in total. The summed E-state index contributed by atoms with van der Waals surface area (Å²) in [6, 6.07) is 15.3. The van der Waals surface area contributed by atoms with Crippen LogP contribution in [0.4, 0.5) is 0 Å². The highest BCUT2D eigenvalue weighted by Gasteiger charge is 2.39. The third-order valence-corrected chi connectivity index (χ3v) is 8.81. The van der Waals surface area contributed by atoms with Crippen molar-refractivity contribution in [3.8, 4) is 5.75 Å². The van der Waals surface area contributed by atoms with Crippen LogP contribution < -0.4 is 10.1 Å². The van der Waals surface area contributed by atoms with Gasteiger partial charge in [0, 0.05) is 42.6 Å². The van der Waals surface area contributed by atoms with E-state index in [1.54, 1.807) is 14.0 Å². The van der Waals surface area contributed by atoms with E-state index in [1.165, 1.54) is 25.7 Å². The summed E-state index contributed by atoms with van der Waals surface area (Å²) in [5.74, 6) is 0.751. The second kappa shape index (κ2) is 13.5. The zero-order valence-electron chi connectivity index (χ0n) is 24.8. The lowest BCUT2D eigenvalue weighted by atomic mass is 9.97. The van der Waals surface area contributed by atoms with Gasteiger partial charge < -0.3 is 15.0 Å². The fraction of sp³-hybridized carbons (Fsp3) is 0.515. The Kier molecular flexibility index (Phi) is 9.62. The summed E-state index contributed by atoms with van der Waals surface area (Å²) in [4.78, 5) is 33.0. The number of hydrazine groups is 1. The molecule has 2 fully saturated rings. The van der Waals surface area contributed by atoms with Crippen LogP contribution in [-0.2, 0) is 16.0 Å². The summed E-state index contributed by atoms with van der Waals surface area (Å²) < 4.78 is 5.50. The summed E-state index contributed by atoms with van der Waals surface area (Å²) in [5, 5.41) is 8.67. The van der Waals surface area contributed by atoms with Crippen molar-refractivity contribution in [1.29, 1.82) is 0 Å². The fourth-order valence-corrected chi connectivity index (χ4v) is 6.79. The van der Waals surface area contributed by atoms with Crippen LogP contribution >= 0.6 is 0 Å². The van der Waals surface area contributed by atoms with Gasteiger partial charge >= 0.3 is 0 Å². The van der Waals surface area contributed by atoms with Gasteiger partial charge in [0.25, 0.3) is 0 Å². The molecular formula is C33H45N5O3. The number of aromatic nitrogens is 1. The van der Waals surface area contributed by atoms with Gasteiger partial charge in [0.1, 0.15) is 5.75 Å². The maximum absolute atomic E-state index is 13.6. The largest absolute Gasteiger partial charge is 0.496 e. The minimum Gasteiger partial charge on any atom is -0.496 e. The van der Waals surface area contributed by atoms with E-state index >= 15 is 0 Å². The van der Waals surface area contributed by atoms with Crippen molar-refractivity contribution >= 4 is 22.7 Å². The van der Waals surface area contributed by atoms with Crippen molar-refractivity contribution in [2.45, 2.75) is 83.5 Å². The minimum absolute atomic E-state index is 0.00882. The number of carbonyl (C=O) groups excluding carboxylic acids is 2. The first-order chi connectivity index (χ1) is 20.0. The van der Waals surface area contributed by atoms with Gasteiger partial charge in [-0.2, -0.15) is 0 Å². The number of ether oxygens (including phenoxy) is 1. The highest BCUT2D eigenvalue weighted by atomic mass is 16.5. The Morgan fingerprint density at radius 3 is 2.54 bits per heavy atom. The number of carbonyl (C=O) groups is 2. The number of nitrogens with one attached hydrogen (secondary N) is 2.